The second-order valence-electron chi connectivity index (χ2n) is 6.41. The molecular formula is C17H22ClNO2. The van der Waals surface area contributed by atoms with Gasteiger partial charge in [0.25, 0.3) is 0 Å². The largest absolute Gasteiger partial charge is 0.393 e. The molecule has 2 atom stereocenters. The van der Waals surface area contributed by atoms with Gasteiger partial charge < -0.3 is 10.4 Å². The molecule has 2 fully saturated rings. The zero-order chi connectivity index (χ0) is 14.9. The molecular weight excluding hydrogens is 286 g/mol. The quantitative estimate of drug-likeness (QED) is 0.898. The van der Waals surface area contributed by atoms with Crippen LogP contribution in [0.2, 0.25) is 5.02 Å². The van der Waals surface area contributed by atoms with E-state index in [9.17, 15) is 9.90 Å². The van der Waals surface area contributed by atoms with Crippen LogP contribution in [0.3, 0.4) is 0 Å². The first kappa shape index (κ1) is 14.9. The van der Waals surface area contributed by atoms with Crippen molar-refractivity contribution in [1.82, 2.24) is 5.32 Å². The first-order chi connectivity index (χ1) is 10.1. The molecule has 21 heavy (non-hydrogen) atoms. The Balaban J connectivity index is 1.61. The molecule has 0 aliphatic heterocycles. The van der Waals surface area contributed by atoms with Gasteiger partial charge >= 0.3 is 0 Å². The van der Waals surface area contributed by atoms with Crippen LogP contribution in [0.4, 0.5) is 0 Å². The minimum atomic E-state index is -0.357. The fourth-order valence-corrected chi connectivity index (χ4v) is 3.49. The number of halogens is 1. The van der Waals surface area contributed by atoms with Gasteiger partial charge in [-0.1, -0.05) is 36.6 Å². The van der Waals surface area contributed by atoms with Crippen molar-refractivity contribution in [3.63, 3.8) is 0 Å². The highest BCUT2D eigenvalue weighted by Crippen LogP contribution is 2.48. The van der Waals surface area contributed by atoms with E-state index < -0.39 is 0 Å². The Morgan fingerprint density at radius 1 is 1.24 bits per heavy atom. The van der Waals surface area contributed by atoms with Crippen LogP contribution in [-0.4, -0.2) is 23.7 Å². The van der Waals surface area contributed by atoms with Crippen LogP contribution in [0.1, 0.15) is 44.1 Å². The number of hydrogen-bond acceptors (Lipinski definition) is 2. The highest BCUT2D eigenvalue weighted by Gasteiger charge is 2.51. The molecule has 0 saturated heterocycles. The van der Waals surface area contributed by atoms with E-state index in [4.69, 9.17) is 11.6 Å². The molecule has 0 radical (unpaired) electrons. The smallest absolute Gasteiger partial charge is 0.230 e. The minimum Gasteiger partial charge on any atom is -0.393 e. The SMILES string of the molecule is O=C(NCC1CCCC[C@H]1O)C1(c2ccc(Cl)cc2)CC1. The van der Waals surface area contributed by atoms with Gasteiger partial charge in [-0.05, 0) is 43.4 Å². The van der Waals surface area contributed by atoms with E-state index >= 15 is 0 Å². The Bertz CT molecular complexity index is 510. The summed E-state index contributed by atoms with van der Waals surface area (Å²) < 4.78 is 0. The normalized spacial score (nSPS) is 27.1. The fraction of sp³-hybridized carbons (Fsp3) is 0.588. The van der Waals surface area contributed by atoms with Gasteiger partial charge in [0.15, 0.2) is 0 Å². The van der Waals surface area contributed by atoms with E-state index in [1.807, 2.05) is 24.3 Å². The van der Waals surface area contributed by atoms with Crippen molar-refractivity contribution in [3.8, 4) is 0 Å². The monoisotopic (exact) mass is 307 g/mol. The summed E-state index contributed by atoms with van der Waals surface area (Å²) in [5, 5.41) is 13.7. The van der Waals surface area contributed by atoms with Crippen LogP contribution in [0.5, 0.6) is 0 Å². The number of carbonyl (C=O) groups excluding carboxylic acids is 1. The number of aliphatic hydroxyl groups is 1. The Morgan fingerprint density at radius 2 is 1.90 bits per heavy atom. The third-order valence-corrected chi connectivity index (χ3v) is 5.23. The van der Waals surface area contributed by atoms with Crippen molar-refractivity contribution < 1.29 is 9.90 Å². The lowest BCUT2D eigenvalue weighted by Crippen LogP contribution is -2.41. The molecule has 4 heteroatoms. The van der Waals surface area contributed by atoms with Gasteiger partial charge in [0.1, 0.15) is 0 Å². The summed E-state index contributed by atoms with van der Waals surface area (Å²) in [6.45, 7) is 0.593. The van der Waals surface area contributed by atoms with Crippen molar-refractivity contribution in [1.29, 1.82) is 0 Å². The lowest BCUT2D eigenvalue weighted by molar-refractivity contribution is -0.124. The standard InChI is InChI=1S/C17H22ClNO2/c18-14-7-5-13(6-8-14)17(9-10-17)16(21)19-11-12-3-1-2-4-15(12)20/h5-8,12,15,20H,1-4,9-11H2,(H,19,21)/t12?,15-/m1/s1. The molecule has 3 rings (SSSR count). The molecule has 0 heterocycles. The summed E-state index contributed by atoms with van der Waals surface area (Å²) in [4.78, 5) is 12.5. The molecule has 114 valence electrons. The Kier molecular flexibility index (Phi) is 4.23. The molecule has 2 N–H and O–H groups in total. The van der Waals surface area contributed by atoms with Gasteiger partial charge in [0.05, 0.1) is 11.5 Å². The number of benzene rings is 1. The molecule has 1 unspecified atom stereocenters. The van der Waals surface area contributed by atoms with Crippen LogP contribution < -0.4 is 5.32 Å². The summed E-state index contributed by atoms with van der Waals surface area (Å²) in [6, 6.07) is 7.58. The van der Waals surface area contributed by atoms with Gasteiger partial charge in [-0.15, -0.1) is 0 Å². The third kappa shape index (κ3) is 3.09. The molecule has 0 spiro atoms. The summed E-state index contributed by atoms with van der Waals surface area (Å²) >= 11 is 5.91. The molecule has 3 nitrogen and oxygen atoms in total. The van der Waals surface area contributed by atoms with Gasteiger partial charge in [0.2, 0.25) is 5.91 Å². The van der Waals surface area contributed by atoms with Crippen molar-refractivity contribution in [3.05, 3.63) is 34.9 Å². The topological polar surface area (TPSA) is 49.3 Å². The third-order valence-electron chi connectivity index (χ3n) is 4.98. The molecule has 2 aliphatic rings. The zero-order valence-corrected chi connectivity index (χ0v) is 12.9. The predicted octanol–water partition coefficient (Wildman–Crippen LogP) is 3.04. The molecule has 1 aromatic carbocycles. The number of amides is 1. The molecule has 1 amide bonds. The van der Waals surface area contributed by atoms with Crippen LogP contribution in [0.15, 0.2) is 24.3 Å². The van der Waals surface area contributed by atoms with Crippen molar-refractivity contribution in [2.75, 3.05) is 6.54 Å². The number of hydrogen-bond donors (Lipinski definition) is 2. The first-order valence-electron chi connectivity index (χ1n) is 7.84. The maximum atomic E-state index is 12.5. The van der Waals surface area contributed by atoms with Gasteiger partial charge in [-0.2, -0.15) is 0 Å². The van der Waals surface area contributed by atoms with E-state index in [0.29, 0.717) is 11.6 Å². The molecule has 1 aromatic rings. The summed E-state index contributed by atoms with van der Waals surface area (Å²) in [5.74, 6) is 0.311. The fourth-order valence-electron chi connectivity index (χ4n) is 3.36. The van der Waals surface area contributed by atoms with Crippen molar-refractivity contribution in [2.24, 2.45) is 5.92 Å². The van der Waals surface area contributed by atoms with Crippen molar-refractivity contribution >= 4 is 17.5 Å². The van der Waals surface area contributed by atoms with Crippen LogP contribution in [-0.2, 0) is 10.2 Å². The number of carbonyl (C=O) groups is 1. The number of nitrogens with one attached hydrogen (secondary N) is 1. The van der Waals surface area contributed by atoms with Gasteiger partial charge in [-0.25, -0.2) is 0 Å². The van der Waals surface area contributed by atoms with Crippen LogP contribution in [0, 0.1) is 5.92 Å². The average molecular weight is 308 g/mol. The zero-order valence-electron chi connectivity index (χ0n) is 12.1. The summed E-state index contributed by atoms with van der Waals surface area (Å²) in [5.41, 5.74) is 0.693. The average Bonchev–Trinajstić information content (AvgIpc) is 3.28. The number of rotatable bonds is 4. The minimum absolute atomic E-state index is 0.0996. The van der Waals surface area contributed by atoms with Crippen LogP contribution >= 0.6 is 11.6 Å². The van der Waals surface area contributed by atoms with E-state index in [0.717, 1.165) is 44.1 Å². The lowest BCUT2D eigenvalue weighted by atomic mass is 9.86. The summed E-state index contributed by atoms with van der Waals surface area (Å²) in [6.07, 6.45) is 5.66. The van der Waals surface area contributed by atoms with Crippen molar-refractivity contribution in [2.45, 2.75) is 50.0 Å². The first-order valence-corrected chi connectivity index (χ1v) is 8.22. The highest BCUT2D eigenvalue weighted by molar-refractivity contribution is 6.30. The predicted molar refractivity (Wildman–Crippen MR) is 83.3 cm³/mol. The van der Waals surface area contributed by atoms with E-state index in [1.54, 1.807) is 0 Å². The molecule has 0 aromatic heterocycles. The number of aliphatic hydroxyl groups excluding tert-OH is 1. The second kappa shape index (κ2) is 5.98. The highest BCUT2D eigenvalue weighted by atomic mass is 35.5. The van der Waals surface area contributed by atoms with E-state index in [2.05, 4.69) is 5.32 Å². The molecule has 0 bridgehead atoms. The Morgan fingerprint density at radius 3 is 2.52 bits per heavy atom. The van der Waals surface area contributed by atoms with Crippen LogP contribution in [0.25, 0.3) is 0 Å². The lowest BCUT2D eigenvalue weighted by Gasteiger charge is -2.28. The molecule has 2 saturated carbocycles. The Labute approximate surface area is 130 Å². The van der Waals surface area contributed by atoms with Gasteiger partial charge in [-0.3, -0.25) is 4.79 Å². The Hall–Kier alpha value is -1.06. The maximum absolute atomic E-state index is 12.5. The van der Waals surface area contributed by atoms with E-state index in [1.165, 1.54) is 0 Å². The molecule has 2 aliphatic carbocycles. The maximum Gasteiger partial charge on any atom is 0.230 e. The van der Waals surface area contributed by atoms with E-state index in [-0.39, 0.29) is 23.3 Å². The summed E-state index contributed by atoms with van der Waals surface area (Å²) in [7, 11) is 0. The second-order valence-corrected chi connectivity index (χ2v) is 6.85. The van der Waals surface area contributed by atoms with Gasteiger partial charge in [0, 0.05) is 17.5 Å².